The minimum atomic E-state index is -1.29. The second-order valence-corrected chi connectivity index (χ2v) is 3.55. The van der Waals surface area contributed by atoms with Gasteiger partial charge in [-0.05, 0) is 12.8 Å². The molecule has 0 aromatic carbocycles. The molecule has 0 aromatic heterocycles. The van der Waals surface area contributed by atoms with Crippen LogP contribution in [0.5, 0.6) is 0 Å². The number of hydrogen-bond donors (Lipinski definition) is 4. The van der Waals surface area contributed by atoms with Crippen molar-refractivity contribution in [2.75, 3.05) is 0 Å². The Morgan fingerprint density at radius 3 is 1.71 bits per heavy atom. The number of aliphatic hydroxyl groups is 4. The molecule has 4 heteroatoms. The Morgan fingerprint density at radius 1 is 0.929 bits per heavy atom. The largest absolute Gasteiger partial charge is 0.390 e. The van der Waals surface area contributed by atoms with Crippen LogP contribution in [-0.4, -0.2) is 44.8 Å². The van der Waals surface area contributed by atoms with Crippen molar-refractivity contribution in [1.82, 2.24) is 0 Å². The summed E-state index contributed by atoms with van der Waals surface area (Å²) < 4.78 is 0. The molecule has 0 saturated heterocycles. The molecule has 0 fully saturated rings. The standard InChI is InChI=1S/C10H21O4/c1-3-5-7(11)9(13)10(14)8(12)6-4-2/h7-14H,1,3-6H2,2H3. The highest BCUT2D eigenvalue weighted by Gasteiger charge is 2.28. The normalized spacial score (nSPS) is 20.1. The van der Waals surface area contributed by atoms with E-state index in [1.54, 1.807) is 0 Å². The molecule has 0 rings (SSSR count). The van der Waals surface area contributed by atoms with Gasteiger partial charge in [-0.2, -0.15) is 0 Å². The van der Waals surface area contributed by atoms with Crippen LogP contribution >= 0.6 is 0 Å². The predicted octanol–water partition coefficient (Wildman–Crippen LogP) is -0.156. The molecule has 0 aliphatic carbocycles. The molecular weight excluding hydrogens is 184 g/mol. The Morgan fingerprint density at radius 2 is 1.36 bits per heavy atom. The molecular formula is C10H21O4. The molecule has 85 valence electrons. The van der Waals surface area contributed by atoms with Crippen molar-refractivity contribution in [1.29, 1.82) is 0 Å². The van der Waals surface area contributed by atoms with Crippen molar-refractivity contribution in [3.8, 4) is 0 Å². The highest BCUT2D eigenvalue weighted by Crippen LogP contribution is 2.12. The van der Waals surface area contributed by atoms with Gasteiger partial charge in [-0.15, -0.1) is 0 Å². The molecule has 1 radical (unpaired) electrons. The van der Waals surface area contributed by atoms with Crippen molar-refractivity contribution >= 4 is 0 Å². The van der Waals surface area contributed by atoms with Gasteiger partial charge in [0, 0.05) is 0 Å². The van der Waals surface area contributed by atoms with Gasteiger partial charge in [0.05, 0.1) is 12.2 Å². The van der Waals surface area contributed by atoms with Gasteiger partial charge in [-0.25, -0.2) is 0 Å². The Kier molecular flexibility index (Phi) is 7.09. The molecule has 0 aromatic rings. The lowest BCUT2D eigenvalue weighted by Gasteiger charge is -2.26. The number of rotatable bonds is 7. The lowest BCUT2D eigenvalue weighted by Crippen LogP contribution is -2.44. The summed E-state index contributed by atoms with van der Waals surface area (Å²) in [4.78, 5) is 0. The van der Waals surface area contributed by atoms with Gasteiger partial charge in [0.15, 0.2) is 0 Å². The average Bonchev–Trinajstić information content (AvgIpc) is 2.16. The van der Waals surface area contributed by atoms with Crippen LogP contribution in [-0.2, 0) is 0 Å². The van der Waals surface area contributed by atoms with Crippen molar-refractivity contribution in [3.05, 3.63) is 6.92 Å². The summed E-state index contributed by atoms with van der Waals surface area (Å²) in [7, 11) is 0. The maximum atomic E-state index is 9.43. The fraction of sp³-hybridized carbons (Fsp3) is 0.900. The van der Waals surface area contributed by atoms with E-state index in [1.807, 2.05) is 6.92 Å². The second-order valence-electron chi connectivity index (χ2n) is 3.55. The van der Waals surface area contributed by atoms with E-state index >= 15 is 0 Å². The Hall–Kier alpha value is -0.160. The van der Waals surface area contributed by atoms with E-state index in [2.05, 4.69) is 6.92 Å². The van der Waals surface area contributed by atoms with E-state index in [9.17, 15) is 20.4 Å². The predicted molar refractivity (Wildman–Crippen MR) is 53.5 cm³/mol. The monoisotopic (exact) mass is 205 g/mol. The quantitative estimate of drug-likeness (QED) is 0.466. The van der Waals surface area contributed by atoms with Crippen molar-refractivity contribution in [2.45, 2.75) is 57.0 Å². The van der Waals surface area contributed by atoms with Crippen LogP contribution in [0.1, 0.15) is 32.6 Å². The summed E-state index contributed by atoms with van der Waals surface area (Å²) in [6, 6.07) is 0. The summed E-state index contributed by atoms with van der Waals surface area (Å²) in [6.07, 6.45) is -2.64. The Bertz CT molecular complexity index is 124. The van der Waals surface area contributed by atoms with Gasteiger partial charge in [-0.3, -0.25) is 0 Å². The molecule has 14 heavy (non-hydrogen) atoms. The van der Waals surface area contributed by atoms with E-state index in [0.717, 1.165) is 6.42 Å². The van der Waals surface area contributed by atoms with Gasteiger partial charge in [0.25, 0.3) is 0 Å². The molecule has 0 aliphatic rings. The third-order valence-corrected chi connectivity index (χ3v) is 2.22. The lowest BCUT2D eigenvalue weighted by molar-refractivity contribution is -0.107. The Balaban J connectivity index is 4.01. The molecule has 0 bridgehead atoms. The Labute approximate surface area is 85.2 Å². The fourth-order valence-corrected chi connectivity index (χ4v) is 1.30. The second kappa shape index (κ2) is 7.17. The fourth-order valence-electron chi connectivity index (χ4n) is 1.30. The van der Waals surface area contributed by atoms with Crippen LogP contribution in [0.25, 0.3) is 0 Å². The highest BCUT2D eigenvalue weighted by atomic mass is 16.4. The lowest BCUT2D eigenvalue weighted by atomic mass is 9.98. The summed E-state index contributed by atoms with van der Waals surface area (Å²) in [6.45, 7) is 5.40. The first-order valence-corrected chi connectivity index (χ1v) is 5.06. The molecule has 4 nitrogen and oxygen atoms in total. The maximum absolute atomic E-state index is 9.43. The van der Waals surface area contributed by atoms with Crippen LogP contribution in [0.15, 0.2) is 0 Å². The van der Waals surface area contributed by atoms with Gasteiger partial charge in [0.2, 0.25) is 0 Å². The molecule has 0 amide bonds. The van der Waals surface area contributed by atoms with Crippen LogP contribution < -0.4 is 0 Å². The van der Waals surface area contributed by atoms with E-state index in [-0.39, 0.29) is 0 Å². The van der Waals surface area contributed by atoms with E-state index in [1.165, 1.54) is 0 Å². The van der Waals surface area contributed by atoms with Gasteiger partial charge in [-0.1, -0.05) is 26.7 Å². The average molecular weight is 205 g/mol. The topological polar surface area (TPSA) is 80.9 Å². The van der Waals surface area contributed by atoms with E-state index in [4.69, 9.17) is 0 Å². The smallest absolute Gasteiger partial charge is 0.108 e. The van der Waals surface area contributed by atoms with Crippen LogP contribution in [0.4, 0.5) is 0 Å². The van der Waals surface area contributed by atoms with Crippen molar-refractivity contribution in [3.63, 3.8) is 0 Å². The van der Waals surface area contributed by atoms with Crippen LogP contribution in [0.3, 0.4) is 0 Å². The van der Waals surface area contributed by atoms with Gasteiger partial charge < -0.3 is 20.4 Å². The maximum Gasteiger partial charge on any atom is 0.108 e. The van der Waals surface area contributed by atoms with Crippen molar-refractivity contribution < 1.29 is 20.4 Å². The third kappa shape index (κ3) is 4.37. The zero-order valence-corrected chi connectivity index (χ0v) is 8.63. The first-order chi connectivity index (χ1) is 6.54. The number of hydrogen-bond acceptors (Lipinski definition) is 4. The molecule has 4 atom stereocenters. The summed E-state index contributed by atoms with van der Waals surface area (Å²) in [5.41, 5.74) is 0. The summed E-state index contributed by atoms with van der Waals surface area (Å²) in [5, 5.41) is 37.6. The SMILES string of the molecule is [CH2]CCC(O)C(O)C(O)C(O)CCC. The van der Waals surface area contributed by atoms with Gasteiger partial charge >= 0.3 is 0 Å². The summed E-state index contributed by atoms with van der Waals surface area (Å²) >= 11 is 0. The minimum absolute atomic E-state index is 0.317. The summed E-state index contributed by atoms with van der Waals surface area (Å²) in [5.74, 6) is 0. The minimum Gasteiger partial charge on any atom is -0.390 e. The molecule has 0 saturated carbocycles. The van der Waals surface area contributed by atoms with E-state index in [0.29, 0.717) is 19.3 Å². The molecule has 0 spiro atoms. The first-order valence-electron chi connectivity index (χ1n) is 5.06. The first kappa shape index (κ1) is 13.8. The zero-order chi connectivity index (χ0) is 11.1. The molecule has 0 aliphatic heterocycles. The number of aliphatic hydroxyl groups excluding tert-OH is 4. The van der Waals surface area contributed by atoms with Gasteiger partial charge in [0.1, 0.15) is 12.2 Å². The molecule has 0 heterocycles. The van der Waals surface area contributed by atoms with Crippen LogP contribution in [0, 0.1) is 6.92 Å². The zero-order valence-electron chi connectivity index (χ0n) is 8.63. The van der Waals surface area contributed by atoms with E-state index < -0.39 is 24.4 Å². The highest BCUT2D eigenvalue weighted by molar-refractivity contribution is 4.80. The van der Waals surface area contributed by atoms with Crippen LogP contribution in [0.2, 0.25) is 0 Å². The van der Waals surface area contributed by atoms with Crippen molar-refractivity contribution in [2.24, 2.45) is 0 Å². The third-order valence-electron chi connectivity index (χ3n) is 2.22. The molecule has 4 unspecified atom stereocenters. The molecule has 4 N–H and O–H groups in total.